The third-order valence-corrected chi connectivity index (χ3v) is 5.10. The van der Waals surface area contributed by atoms with Gasteiger partial charge in [-0.2, -0.15) is 0 Å². The van der Waals surface area contributed by atoms with E-state index in [9.17, 15) is 9.59 Å². The largest absolute Gasteiger partial charge is 0.482 e. The maximum Gasteiger partial charge on any atom is 0.269 e. The Morgan fingerprint density at radius 2 is 1.61 bits per heavy atom. The fourth-order valence-electron chi connectivity index (χ4n) is 2.89. The molecule has 1 aliphatic rings. The second-order valence-corrected chi connectivity index (χ2v) is 7.26. The Bertz CT molecular complexity index is 1000. The lowest BCUT2D eigenvalue weighted by Gasteiger charge is -2.31. The van der Waals surface area contributed by atoms with Crippen molar-refractivity contribution in [2.24, 2.45) is 0 Å². The maximum atomic E-state index is 12.7. The van der Waals surface area contributed by atoms with Crippen LogP contribution in [0.25, 0.3) is 0 Å². The summed E-state index contributed by atoms with van der Waals surface area (Å²) in [5.41, 5.74) is 1.15. The second kappa shape index (κ2) is 7.74. The van der Waals surface area contributed by atoms with Crippen molar-refractivity contribution in [2.45, 2.75) is 19.1 Å². The Labute approximate surface area is 166 Å². The van der Waals surface area contributed by atoms with Gasteiger partial charge in [0.05, 0.1) is 4.88 Å². The molecule has 0 spiro atoms. The Morgan fingerprint density at radius 1 is 0.893 bits per heavy atom. The van der Waals surface area contributed by atoms with Gasteiger partial charge in [-0.25, -0.2) is 0 Å². The molecule has 0 saturated carbocycles. The minimum absolute atomic E-state index is 0.187. The lowest BCUT2D eigenvalue weighted by atomic mass is 10.1. The molecular weight excluding hydrogens is 376 g/mol. The number of benzene rings is 2. The predicted octanol–water partition coefficient (Wildman–Crippen LogP) is 4.17. The van der Waals surface area contributed by atoms with Crippen LogP contribution in [-0.2, 0) is 4.79 Å². The molecule has 1 aromatic heterocycles. The van der Waals surface area contributed by atoms with Crippen LogP contribution in [0.2, 0.25) is 0 Å². The molecule has 142 valence electrons. The van der Waals surface area contributed by atoms with Crippen molar-refractivity contribution in [2.75, 3.05) is 10.6 Å². The average Bonchev–Trinajstić information content (AvgIpc) is 3.22. The van der Waals surface area contributed by atoms with Crippen LogP contribution in [0.4, 0.5) is 11.4 Å². The van der Waals surface area contributed by atoms with E-state index in [1.807, 2.05) is 23.6 Å². The number of hydrogen-bond donors (Lipinski definition) is 2. The number of para-hydroxylation sites is 2. The molecule has 4 rings (SSSR count). The molecule has 2 aromatic carbocycles. The van der Waals surface area contributed by atoms with Gasteiger partial charge in [0, 0.05) is 11.4 Å². The molecule has 1 aliphatic heterocycles. The van der Waals surface area contributed by atoms with E-state index in [0.717, 1.165) is 0 Å². The fourth-order valence-corrected chi connectivity index (χ4v) is 3.51. The first-order chi connectivity index (χ1) is 13.6. The summed E-state index contributed by atoms with van der Waals surface area (Å²) in [6.07, 6.45) is -1.21. The van der Waals surface area contributed by atoms with E-state index in [1.54, 1.807) is 49.4 Å². The first-order valence-corrected chi connectivity index (χ1v) is 9.66. The van der Waals surface area contributed by atoms with E-state index in [-0.39, 0.29) is 11.8 Å². The smallest absolute Gasteiger partial charge is 0.269 e. The van der Waals surface area contributed by atoms with Gasteiger partial charge >= 0.3 is 0 Å². The SMILES string of the molecule is C[C@@H]1Oc2ccccc2O[C@H]1C(=O)Nc1cccc(NC(=O)c2cccs2)c1. The topological polar surface area (TPSA) is 76.7 Å². The predicted molar refractivity (Wildman–Crippen MR) is 108 cm³/mol. The quantitative estimate of drug-likeness (QED) is 0.696. The van der Waals surface area contributed by atoms with Crippen molar-refractivity contribution in [3.05, 3.63) is 70.9 Å². The summed E-state index contributed by atoms with van der Waals surface area (Å²) in [5.74, 6) is 0.659. The monoisotopic (exact) mass is 394 g/mol. The van der Waals surface area contributed by atoms with Crippen molar-refractivity contribution in [1.82, 2.24) is 0 Å². The molecule has 7 heteroatoms. The first-order valence-electron chi connectivity index (χ1n) is 8.78. The number of hydrogen-bond acceptors (Lipinski definition) is 5. The van der Waals surface area contributed by atoms with Gasteiger partial charge in [0.1, 0.15) is 6.10 Å². The Balaban J connectivity index is 1.44. The molecule has 0 unspecified atom stereocenters. The lowest BCUT2D eigenvalue weighted by molar-refractivity contribution is -0.128. The van der Waals surface area contributed by atoms with Gasteiger partial charge in [-0.1, -0.05) is 24.3 Å². The summed E-state index contributed by atoms with van der Waals surface area (Å²) >= 11 is 1.37. The van der Waals surface area contributed by atoms with Crippen LogP contribution in [0.5, 0.6) is 11.5 Å². The zero-order chi connectivity index (χ0) is 19.5. The van der Waals surface area contributed by atoms with Crippen molar-refractivity contribution in [3.63, 3.8) is 0 Å². The van der Waals surface area contributed by atoms with E-state index >= 15 is 0 Å². The van der Waals surface area contributed by atoms with Crippen LogP contribution in [0.3, 0.4) is 0 Å². The third-order valence-electron chi connectivity index (χ3n) is 4.23. The van der Waals surface area contributed by atoms with Gasteiger partial charge in [-0.15, -0.1) is 11.3 Å². The van der Waals surface area contributed by atoms with E-state index in [0.29, 0.717) is 27.8 Å². The summed E-state index contributed by atoms with van der Waals surface area (Å²) < 4.78 is 11.6. The molecule has 2 heterocycles. The summed E-state index contributed by atoms with van der Waals surface area (Å²) in [7, 11) is 0. The van der Waals surface area contributed by atoms with Crippen molar-refractivity contribution < 1.29 is 19.1 Å². The molecule has 2 N–H and O–H groups in total. The molecule has 28 heavy (non-hydrogen) atoms. The highest BCUT2D eigenvalue weighted by atomic mass is 32.1. The van der Waals surface area contributed by atoms with Gasteiger partial charge in [0.25, 0.3) is 11.8 Å². The molecular formula is C21H18N2O4S. The highest BCUT2D eigenvalue weighted by Gasteiger charge is 2.34. The zero-order valence-corrected chi connectivity index (χ0v) is 15.9. The van der Waals surface area contributed by atoms with Gasteiger partial charge < -0.3 is 20.1 Å². The average molecular weight is 394 g/mol. The highest BCUT2D eigenvalue weighted by molar-refractivity contribution is 7.12. The molecule has 3 aromatic rings. The molecule has 0 radical (unpaired) electrons. The maximum absolute atomic E-state index is 12.7. The standard InChI is InChI=1S/C21H18N2O4S/c1-13-19(27-17-9-3-2-8-16(17)26-13)21(25)23-15-7-4-6-14(12-15)22-20(24)18-10-5-11-28-18/h2-13,19H,1H3,(H,22,24)(H,23,25)/t13-,19+/m0/s1. The number of fused-ring (bicyclic) bond motifs is 1. The normalized spacial score (nSPS) is 17.6. The first kappa shape index (κ1) is 18.1. The van der Waals surface area contributed by atoms with Crippen LogP contribution >= 0.6 is 11.3 Å². The van der Waals surface area contributed by atoms with Gasteiger partial charge in [-0.3, -0.25) is 9.59 Å². The minimum Gasteiger partial charge on any atom is -0.482 e. The zero-order valence-electron chi connectivity index (χ0n) is 15.0. The van der Waals surface area contributed by atoms with Crippen LogP contribution < -0.4 is 20.1 Å². The van der Waals surface area contributed by atoms with Crippen molar-refractivity contribution >= 4 is 34.5 Å². The molecule has 0 fully saturated rings. The van der Waals surface area contributed by atoms with E-state index < -0.39 is 12.2 Å². The number of ether oxygens (including phenoxy) is 2. The van der Waals surface area contributed by atoms with Gasteiger partial charge in [-0.05, 0) is 48.7 Å². The molecule has 0 saturated heterocycles. The van der Waals surface area contributed by atoms with Crippen molar-refractivity contribution in [3.8, 4) is 11.5 Å². The van der Waals surface area contributed by atoms with Crippen LogP contribution in [0, 0.1) is 0 Å². The Hall–Kier alpha value is -3.32. The highest BCUT2D eigenvalue weighted by Crippen LogP contribution is 2.33. The number of carbonyl (C=O) groups is 2. The van der Waals surface area contributed by atoms with Crippen LogP contribution in [0.15, 0.2) is 66.0 Å². The molecule has 0 bridgehead atoms. The summed E-state index contributed by atoms with van der Waals surface area (Å²) in [6, 6.07) is 17.8. The Morgan fingerprint density at radius 3 is 2.32 bits per heavy atom. The number of thiophene rings is 1. The van der Waals surface area contributed by atoms with Crippen LogP contribution in [-0.4, -0.2) is 24.0 Å². The fraction of sp³-hybridized carbons (Fsp3) is 0.143. The minimum atomic E-state index is -0.778. The van der Waals surface area contributed by atoms with E-state index in [1.165, 1.54) is 11.3 Å². The number of carbonyl (C=O) groups excluding carboxylic acids is 2. The van der Waals surface area contributed by atoms with Crippen LogP contribution in [0.1, 0.15) is 16.6 Å². The molecule has 2 atom stereocenters. The number of amides is 2. The summed E-state index contributed by atoms with van der Waals surface area (Å²) in [6.45, 7) is 1.79. The molecule has 0 aliphatic carbocycles. The Kier molecular flexibility index (Phi) is 4.99. The third kappa shape index (κ3) is 3.84. The van der Waals surface area contributed by atoms with Crippen molar-refractivity contribution in [1.29, 1.82) is 0 Å². The summed E-state index contributed by atoms with van der Waals surface area (Å²) in [5, 5.41) is 7.50. The van der Waals surface area contributed by atoms with Gasteiger partial charge in [0.2, 0.25) is 6.10 Å². The van der Waals surface area contributed by atoms with Gasteiger partial charge in [0.15, 0.2) is 11.5 Å². The lowest BCUT2D eigenvalue weighted by Crippen LogP contribution is -2.46. The summed E-state index contributed by atoms with van der Waals surface area (Å²) in [4.78, 5) is 25.5. The number of nitrogens with one attached hydrogen (secondary N) is 2. The van der Waals surface area contributed by atoms with E-state index in [2.05, 4.69) is 10.6 Å². The number of rotatable bonds is 4. The van der Waals surface area contributed by atoms with E-state index in [4.69, 9.17) is 9.47 Å². The second-order valence-electron chi connectivity index (χ2n) is 6.31. The molecule has 6 nitrogen and oxygen atoms in total. The number of anilines is 2. The molecule has 2 amide bonds.